The quantitative estimate of drug-likeness (QED) is 0.683. The van der Waals surface area contributed by atoms with E-state index in [-0.39, 0.29) is 23.6 Å². The number of hydrogen-bond donors (Lipinski definition) is 2. The highest BCUT2D eigenvalue weighted by molar-refractivity contribution is 6.18. The molecule has 5 heteroatoms. The summed E-state index contributed by atoms with van der Waals surface area (Å²) in [4.78, 5) is 27.4. The lowest BCUT2D eigenvalue weighted by Gasteiger charge is -2.30. The number of carbonyl (C=O) groups excluding carboxylic acids is 2. The van der Waals surface area contributed by atoms with Crippen molar-refractivity contribution in [3.8, 4) is 0 Å². The summed E-state index contributed by atoms with van der Waals surface area (Å²) in [5, 5.41) is 2.63. The van der Waals surface area contributed by atoms with E-state index in [4.69, 9.17) is 5.73 Å². The molecule has 1 heterocycles. The van der Waals surface area contributed by atoms with Crippen molar-refractivity contribution in [2.24, 2.45) is 22.6 Å². The minimum absolute atomic E-state index is 0.0524. The summed E-state index contributed by atoms with van der Waals surface area (Å²) in [7, 11) is 0. The average Bonchev–Trinajstić information content (AvgIpc) is 2.15. The smallest absolute Gasteiger partial charge is 0.260 e. The topological polar surface area (TPSA) is 84.5 Å². The summed E-state index contributed by atoms with van der Waals surface area (Å²) in [6.07, 6.45) is 0.603. The molecular formula is C11H19N3O2. The molecule has 0 spiro atoms. The van der Waals surface area contributed by atoms with Gasteiger partial charge < -0.3 is 11.1 Å². The highest BCUT2D eigenvalue weighted by atomic mass is 16.2. The van der Waals surface area contributed by atoms with Gasteiger partial charge in [-0.3, -0.25) is 9.59 Å². The fourth-order valence-electron chi connectivity index (χ4n) is 1.54. The highest BCUT2D eigenvalue weighted by Gasteiger charge is 2.38. The van der Waals surface area contributed by atoms with Crippen molar-refractivity contribution in [2.75, 3.05) is 0 Å². The molecule has 0 aromatic rings. The van der Waals surface area contributed by atoms with Gasteiger partial charge in [-0.2, -0.15) is 4.99 Å². The maximum atomic E-state index is 11.8. The number of nitrogens with zero attached hydrogens (tertiary/aromatic N) is 1. The number of carbonyl (C=O) groups is 2. The second kappa shape index (κ2) is 4.33. The minimum atomic E-state index is -0.757. The molecule has 5 nitrogen and oxygen atoms in total. The summed E-state index contributed by atoms with van der Waals surface area (Å²) in [5.74, 6) is -1.14. The Morgan fingerprint density at radius 1 is 1.50 bits per heavy atom. The Morgan fingerprint density at radius 2 is 2.06 bits per heavy atom. The standard InChI is InChI=1S/C11H19N3O2/c1-5-11(4,12)10-13-8(15)7(6(2)3)9(16)14-10/h6-7H,5,12H2,1-4H3,(H,13,14,15,16). The first-order chi connectivity index (χ1) is 7.29. The van der Waals surface area contributed by atoms with Crippen LogP contribution < -0.4 is 11.1 Å². The Labute approximate surface area is 95.5 Å². The third kappa shape index (κ3) is 2.29. The summed E-state index contributed by atoms with van der Waals surface area (Å²) >= 11 is 0. The molecule has 1 aliphatic rings. The van der Waals surface area contributed by atoms with Gasteiger partial charge >= 0.3 is 0 Å². The van der Waals surface area contributed by atoms with E-state index in [0.717, 1.165) is 0 Å². The normalized spacial score (nSPS) is 25.1. The minimum Gasteiger partial charge on any atom is -0.319 e. The molecule has 90 valence electrons. The van der Waals surface area contributed by atoms with E-state index in [1.54, 1.807) is 6.92 Å². The summed E-state index contributed by atoms with van der Waals surface area (Å²) in [5.41, 5.74) is 5.18. The van der Waals surface area contributed by atoms with Crippen LogP contribution in [-0.2, 0) is 9.59 Å². The second-order valence-corrected chi connectivity index (χ2v) is 4.78. The summed E-state index contributed by atoms with van der Waals surface area (Å²) in [6.45, 7) is 7.27. The molecule has 0 saturated carbocycles. The molecule has 0 fully saturated rings. The predicted molar refractivity (Wildman–Crippen MR) is 61.8 cm³/mol. The van der Waals surface area contributed by atoms with Gasteiger partial charge in [0.25, 0.3) is 5.91 Å². The van der Waals surface area contributed by atoms with Crippen LogP contribution in [0.1, 0.15) is 34.1 Å². The van der Waals surface area contributed by atoms with Gasteiger partial charge in [0.15, 0.2) is 0 Å². The number of nitrogens with one attached hydrogen (secondary N) is 1. The van der Waals surface area contributed by atoms with Crippen molar-refractivity contribution in [3.63, 3.8) is 0 Å². The van der Waals surface area contributed by atoms with Crippen LogP contribution in [-0.4, -0.2) is 23.2 Å². The molecule has 0 aliphatic carbocycles. The molecule has 0 aromatic heterocycles. The fraction of sp³-hybridized carbons (Fsp3) is 0.727. The van der Waals surface area contributed by atoms with Gasteiger partial charge in [0.2, 0.25) is 5.91 Å². The number of rotatable bonds is 3. The first kappa shape index (κ1) is 12.8. The van der Waals surface area contributed by atoms with Gasteiger partial charge in [-0.15, -0.1) is 0 Å². The molecule has 0 radical (unpaired) electrons. The van der Waals surface area contributed by atoms with Crippen LogP contribution in [0.15, 0.2) is 4.99 Å². The molecule has 2 unspecified atom stereocenters. The molecule has 3 N–H and O–H groups in total. The Hall–Kier alpha value is -1.23. The van der Waals surface area contributed by atoms with Gasteiger partial charge in [0.05, 0.1) is 5.54 Å². The zero-order chi connectivity index (χ0) is 12.5. The van der Waals surface area contributed by atoms with Gasteiger partial charge in [0, 0.05) is 0 Å². The first-order valence-corrected chi connectivity index (χ1v) is 5.52. The molecular weight excluding hydrogens is 206 g/mol. The number of nitrogens with two attached hydrogens (primary N) is 1. The van der Waals surface area contributed by atoms with Crippen LogP contribution >= 0.6 is 0 Å². The predicted octanol–water partition coefficient (Wildman–Crippen LogP) is 0.441. The lowest BCUT2D eigenvalue weighted by atomic mass is 9.90. The molecule has 0 saturated heterocycles. The maximum absolute atomic E-state index is 11.8. The molecule has 2 amide bonds. The van der Waals surface area contributed by atoms with Crippen molar-refractivity contribution in [2.45, 2.75) is 39.7 Å². The number of amides is 2. The summed E-state index contributed by atoms with van der Waals surface area (Å²) < 4.78 is 0. The van der Waals surface area contributed by atoms with E-state index in [9.17, 15) is 9.59 Å². The molecule has 1 rings (SSSR count). The third-order valence-corrected chi connectivity index (χ3v) is 2.95. The van der Waals surface area contributed by atoms with Crippen LogP contribution in [0.3, 0.4) is 0 Å². The van der Waals surface area contributed by atoms with Gasteiger partial charge in [0.1, 0.15) is 11.8 Å². The first-order valence-electron chi connectivity index (χ1n) is 5.52. The maximum Gasteiger partial charge on any atom is 0.260 e. The largest absolute Gasteiger partial charge is 0.319 e. The van der Waals surface area contributed by atoms with Gasteiger partial charge in [-0.1, -0.05) is 20.8 Å². The van der Waals surface area contributed by atoms with Crippen LogP contribution in [0, 0.1) is 11.8 Å². The van der Waals surface area contributed by atoms with E-state index in [1.807, 2.05) is 20.8 Å². The molecule has 16 heavy (non-hydrogen) atoms. The Morgan fingerprint density at radius 3 is 2.44 bits per heavy atom. The van der Waals surface area contributed by atoms with Crippen LogP contribution in [0.4, 0.5) is 0 Å². The number of hydrogen-bond acceptors (Lipinski definition) is 3. The number of amidine groups is 1. The van der Waals surface area contributed by atoms with Crippen molar-refractivity contribution >= 4 is 17.6 Å². The summed E-state index contributed by atoms with van der Waals surface area (Å²) in [6, 6.07) is 0. The Kier molecular flexibility index (Phi) is 3.48. The van der Waals surface area contributed by atoms with Crippen LogP contribution in [0.25, 0.3) is 0 Å². The second-order valence-electron chi connectivity index (χ2n) is 4.78. The van der Waals surface area contributed by atoms with E-state index < -0.39 is 11.5 Å². The van der Waals surface area contributed by atoms with Crippen LogP contribution in [0.2, 0.25) is 0 Å². The van der Waals surface area contributed by atoms with Crippen molar-refractivity contribution < 1.29 is 9.59 Å². The van der Waals surface area contributed by atoms with Crippen molar-refractivity contribution in [1.29, 1.82) is 0 Å². The monoisotopic (exact) mass is 225 g/mol. The highest BCUT2D eigenvalue weighted by Crippen LogP contribution is 2.19. The number of aliphatic imine (C=N–C) groups is 1. The molecule has 0 aromatic carbocycles. The van der Waals surface area contributed by atoms with E-state index >= 15 is 0 Å². The van der Waals surface area contributed by atoms with E-state index in [2.05, 4.69) is 10.3 Å². The third-order valence-electron chi connectivity index (χ3n) is 2.95. The van der Waals surface area contributed by atoms with Crippen molar-refractivity contribution in [1.82, 2.24) is 5.32 Å². The average molecular weight is 225 g/mol. The zero-order valence-electron chi connectivity index (χ0n) is 10.2. The van der Waals surface area contributed by atoms with Crippen LogP contribution in [0.5, 0.6) is 0 Å². The Balaban J connectivity index is 3.01. The van der Waals surface area contributed by atoms with Gasteiger partial charge in [-0.25, -0.2) is 0 Å². The Bertz CT molecular complexity index is 345. The lowest BCUT2D eigenvalue weighted by Crippen LogP contribution is -2.58. The molecule has 1 aliphatic heterocycles. The van der Waals surface area contributed by atoms with Gasteiger partial charge in [-0.05, 0) is 19.3 Å². The van der Waals surface area contributed by atoms with E-state index in [1.165, 1.54) is 0 Å². The molecule has 0 bridgehead atoms. The zero-order valence-corrected chi connectivity index (χ0v) is 10.2. The van der Waals surface area contributed by atoms with E-state index in [0.29, 0.717) is 6.42 Å². The molecule has 2 atom stereocenters. The lowest BCUT2D eigenvalue weighted by molar-refractivity contribution is -0.135. The SMILES string of the molecule is CCC(C)(N)C1=NC(=O)C(C(C)C)C(=O)N1. The fourth-order valence-corrected chi connectivity index (χ4v) is 1.54. The van der Waals surface area contributed by atoms with Crippen molar-refractivity contribution in [3.05, 3.63) is 0 Å².